The van der Waals surface area contributed by atoms with Crippen molar-refractivity contribution in [3.05, 3.63) is 12.2 Å². The molecular formula is C16H25NO7. The first kappa shape index (κ1) is 21.6. The minimum absolute atomic E-state index is 0.191. The Labute approximate surface area is 140 Å². The highest BCUT2D eigenvalue weighted by atomic mass is 16.6. The van der Waals surface area contributed by atoms with Crippen molar-refractivity contribution in [3.63, 3.8) is 0 Å². The van der Waals surface area contributed by atoms with Crippen molar-refractivity contribution in [2.24, 2.45) is 0 Å². The van der Waals surface area contributed by atoms with Gasteiger partial charge in [-0.2, -0.15) is 0 Å². The first-order chi connectivity index (χ1) is 11.0. The number of unbranched alkanes of at least 4 members (excludes halogenated alkanes) is 2. The highest BCUT2D eigenvalue weighted by Crippen LogP contribution is 2.11. The molecule has 0 aromatic rings. The molecule has 136 valence electrons. The number of carboxylic acids is 2. The molecule has 0 saturated heterocycles. The van der Waals surface area contributed by atoms with Gasteiger partial charge in [0.05, 0.1) is 0 Å². The van der Waals surface area contributed by atoms with E-state index >= 15 is 0 Å². The minimum Gasteiger partial charge on any atom is -0.480 e. The molecule has 0 heterocycles. The Morgan fingerprint density at radius 2 is 1.67 bits per heavy atom. The number of carbonyl (C=O) groups excluding carboxylic acids is 2. The number of amides is 1. The van der Waals surface area contributed by atoms with E-state index in [1.54, 1.807) is 20.8 Å². The number of carboxylic acid groups (broad SMARTS) is 2. The lowest BCUT2D eigenvalue weighted by Gasteiger charge is -2.19. The average Bonchev–Trinajstić information content (AvgIpc) is 2.41. The Bertz CT molecular complexity index is 491. The fourth-order valence-corrected chi connectivity index (χ4v) is 1.81. The van der Waals surface area contributed by atoms with Crippen LogP contribution in [-0.2, 0) is 23.9 Å². The van der Waals surface area contributed by atoms with Gasteiger partial charge in [-0.15, -0.1) is 0 Å². The third kappa shape index (κ3) is 12.2. The third-order valence-electron chi connectivity index (χ3n) is 2.79. The second-order valence-electron chi connectivity index (χ2n) is 6.26. The lowest BCUT2D eigenvalue weighted by molar-refractivity contribution is -0.155. The van der Waals surface area contributed by atoms with E-state index in [0.717, 1.165) is 6.08 Å². The first-order valence-electron chi connectivity index (χ1n) is 7.67. The SMILES string of the molecule is CC(C)(C)OC(=O)CCCCC[C@H](NC(=O)/C=C\C(=O)O)C(=O)O. The standard InChI is InChI=1S/C16H25NO7/c1-16(2,3)24-14(21)8-6-4-5-7-11(15(22)23)17-12(18)9-10-13(19)20/h9-11H,4-8H2,1-3H3,(H,17,18)(H,19,20)(H,22,23)/b10-9-/t11-/m0/s1. The molecule has 0 unspecified atom stereocenters. The van der Waals surface area contributed by atoms with Crippen molar-refractivity contribution < 1.29 is 34.1 Å². The van der Waals surface area contributed by atoms with Gasteiger partial charge in [0.1, 0.15) is 11.6 Å². The molecule has 0 aromatic carbocycles. The van der Waals surface area contributed by atoms with Crippen LogP contribution in [0.2, 0.25) is 0 Å². The Balaban J connectivity index is 4.11. The van der Waals surface area contributed by atoms with Gasteiger partial charge in [0.15, 0.2) is 0 Å². The van der Waals surface area contributed by atoms with Gasteiger partial charge < -0.3 is 20.3 Å². The summed E-state index contributed by atoms with van der Waals surface area (Å²) in [5.41, 5.74) is -0.529. The van der Waals surface area contributed by atoms with E-state index in [9.17, 15) is 19.2 Å². The number of carbonyl (C=O) groups is 4. The summed E-state index contributed by atoms with van der Waals surface area (Å²) >= 11 is 0. The molecule has 3 N–H and O–H groups in total. The maximum Gasteiger partial charge on any atom is 0.328 e. The van der Waals surface area contributed by atoms with Crippen molar-refractivity contribution in [2.45, 2.75) is 64.5 Å². The van der Waals surface area contributed by atoms with Crippen LogP contribution in [0.25, 0.3) is 0 Å². The molecule has 0 bridgehead atoms. The molecule has 24 heavy (non-hydrogen) atoms. The summed E-state index contributed by atoms with van der Waals surface area (Å²) in [5, 5.41) is 19.7. The van der Waals surface area contributed by atoms with Crippen LogP contribution in [0.4, 0.5) is 0 Å². The van der Waals surface area contributed by atoms with Crippen molar-refractivity contribution >= 4 is 23.8 Å². The molecule has 0 aliphatic heterocycles. The summed E-state index contributed by atoms with van der Waals surface area (Å²) in [6.45, 7) is 5.34. The third-order valence-corrected chi connectivity index (χ3v) is 2.79. The first-order valence-corrected chi connectivity index (χ1v) is 7.67. The van der Waals surface area contributed by atoms with Gasteiger partial charge in [-0.1, -0.05) is 12.8 Å². The fourth-order valence-electron chi connectivity index (χ4n) is 1.81. The van der Waals surface area contributed by atoms with E-state index in [2.05, 4.69) is 5.32 Å². The zero-order valence-corrected chi connectivity index (χ0v) is 14.2. The van der Waals surface area contributed by atoms with Crippen LogP contribution < -0.4 is 5.32 Å². The maximum atomic E-state index is 11.5. The molecule has 0 saturated carbocycles. The van der Waals surface area contributed by atoms with Crippen molar-refractivity contribution in [3.8, 4) is 0 Å². The van der Waals surface area contributed by atoms with Crippen molar-refractivity contribution in [2.75, 3.05) is 0 Å². The van der Waals surface area contributed by atoms with Gasteiger partial charge in [-0.05, 0) is 33.6 Å². The molecule has 0 fully saturated rings. The van der Waals surface area contributed by atoms with Gasteiger partial charge in [-0.3, -0.25) is 9.59 Å². The second-order valence-corrected chi connectivity index (χ2v) is 6.26. The van der Waals surface area contributed by atoms with Crippen molar-refractivity contribution in [1.82, 2.24) is 5.32 Å². The second kappa shape index (κ2) is 10.4. The summed E-state index contributed by atoms with van der Waals surface area (Å²) in [5.74, 6) is -3.57. The maximum absolute atomic E-state index is 11.5. The average molecular weight is 343 g/mol. The lowest BCUT2D eigenvalue weighted by atomic mass is 10.1. The van der Waals surface area contributed by atoms with Gasteiger partial charge >= 0.3 is 17.9 Å². The number of rotatable bonds is 10. The zero-order valence-electron chi connectivity index (χ0n) is 14.2. The molecule has 8 heteroatoms. The molecule has 8 nitrogen and oxygen atoms in total. The van der Waals surface area contributed by atoms with Gasteiger partial charge in [-0.25, -0.2) is 9.59 Å². The molecule has 1 atom stereocenters. The van der Waals surface area contributed by atoms with E-state index in [1.165, 1.54) is 0 Å². The lowest BCUT2D eigenvalue weighted by Crippen LogP contribution is -2.40. The quantitative estimate of drug-likeness (QED) is 0.311. The van der Waals surface area contributed by atoms with E-state index < -0.39 is 29.5 Å². The Morgan fingerprint density at radius 3 is 2.17 bits per heavy atom. The number of aliphatic carboxylic acids is 2. The van der Waals surface area contributed by atoms with Gasteiger partial charge in [0.25, 0.3) is 0 Å². The highest BCUT2D eigenvalue weighted by Gasteiger charge is 2.19. The minimum atomic E-state index is -1.29. The van der Waals surface area contributed by atoms with Crippen molar-refractivity contribution in [1.29, 1.82) is 0 Å². The van der Waals surface area contributed by atoms with Crippen LogP contribution in [0.1, 0.15) is 52.9 Å². The number of hydrogen-bond donors (Lipinski definition) is 3. The topological polar surface area (TPSA) is 130 Å². The molecule has 1 amide bonds. The van der Waals surface area contributed by atoms with E-state index in [1.807, 2.05) is 0 Å². The molecule has 0 aromatic heterocycles. The Kier molecular flexibility index (Phi) is 9.37. The Morgan fingerprint density at radius 1 is 1.04 bits per heavy atom. The zero-order chi connectivity index (χ0) is 18.8. The van der Waals surface area contributed by atoms with Crippen LogP contribution in [0, 0.1) is 0 Å². The molecule has 0 spiro atoms. The van der Waals surface area contributed by atoms with Crippen LogP contribution in [-0.4, -0.2) is 45.7 Å². The van der Waals surface area contributed by atoms with Crippen LogP contribution in [0.3, 0.4) is 0 Å². The van der Waals surface area contributed by atoms with E-state index in [0.29, 0.717) is 25.3 Å². The summed E-state index contributed by atoms with van der Waals surface area (Å²) < 4.78 is 5.16. The van der Waals surface area contributed by atoms with Gasteiger partial charge in [0, 0.05) is 18.6 Å². The summed E-state index contributed by atoms with van der Waals surface area (Å²) in [4.78, 5) is 44.3. The molecule has 0 aliphatic carbocycles. The normalized spacial score (nSPS) is 12.6. The number of hydrogen-bond acceptors (Lipinski definition) is 5. The monoisotopic (exact) mass is 343 g/mol. The molecule has 0 rings (SSSR count). The van der Waals surface area contributed by atoms with Crippen LogP contribution >= 0.6 is 0 Å². The summed E-state index contributed by atoms with van der Waals surface area (Å²) in [7, 11) is 0. The Hall–Kier alpha value is -2.38. The number of esters is 1. The fraction of sp³-hybridized carbons (Fsp3) is 0.625. The summed E-state index contributed by atoms with van der Waals surface area (Å²) in [6.07, 6.45) is 3.52. The molecular weight excluding hydrogens is 318 g/mol. The number of ether oxygens (including phenoxy) is 1. The molecule has 0 aliphatic rings. The van der Waals surface area contributed by atoms with Crippen LogP contribution in [0.15, 0.2) is 12.2 Å². The predicted octanol–water partition coefficient (Wildman–Crippen LogP) is 1.49. The highest BCUT2D eigenvalue weighted by molar-refractivity contribution is 5.95. The predicted molar refractivity (Wildman–Crippen MR) is 85.3 cm³/mol. The molecule has 0 radical (unpaired) electrons. The van der Waals surface area contributed by atoms with E-state index in [-0.39, 0.29) is 18.8 Å². The largest absolute Gasteiger partial charge is 0.480 e. The van der Waals surface area contributed by atoms with E-state index in [4.69, 9.17) is 14.9 Å². The number of nitrogens with one attached hydrogen (secondary N) is 1. The van der Waals surface area contributed by atoms with Crippen LogP contribution in [0.5, 0.6) is 0 Å². The van der Waals surface area contributed by atoms with Gasteiger partial charge in [0.2, 0.25) is 5.91 Å². The smallest absolute Gasteiger partial charge is 0.328 e. The summed E-state index contributed by atoms with van der Waals surface area (Å²) in [6, 6.07) is -1.10.